The maximum absolute atomic E-state index is 14.7. The lowest BCUT2D eigenvalue weighted by Crippen LogP contribution is -2.55. The molecule has 0 N–H and O–H groups in total. The molecule has 0 aliphatic carbocycles. The van der Waals surface area contributed by atoms with E-state index in [4.69, 9.17) is 32.8 Å². The lowest BCUT2D eigenvalue weighted by molar-refractivity contribution is -0.247. The van der Waals surface area contributed by atoms with Crippen LogP contribution in [-0.2, 0) is 19.2 Å². The maximum Gasteiger partial charge on any atom is 0.416 e. The summed E-state index contributed by atoms with van der Waals surface area (Å²) in [6, 6.07) is -2.47. The Bertz CT molecular complexity index is 1300. The van der Waals surface area contributed by atoms with Gasteiger partial charge in [-0.25, -0.2) is 14.4 Å². The van der Waals surface area contributed by atoms with Gasteiger partial charge >= 0.3 is 24.1 Å². The Labute approximate surface area is 230 Å². The predicted octanol–water partition coefficient (Wildman–Crippen LogP) is 4.40. The van der Waals surface area contributed by atoms with E-state index < -0.39 is 53.0 Å². The van der Waals surface area contributed by atoms with Gasteiger partial charge in [-0.3, -0.25) is 14.9 Å². The highest BCUT2D eigenvalue weighted by Crippen LogP contribution is 2.45. The van der Waals surface area contributed by atoms with Crippen LogP contribution in [0.25, 0.3) is 11.3 Å². The fourth-order valence-corrected chi connectivity index (χ4v) is 4.85. The lowest BCUT2D eigenvalue weighted by atomic mass is 10.0. The molecule has 2 unspecified atom stereocenters. The molecule has 1 fully saturated rings. The van der Waals surface area contributed by atoms with Crippen molar-refractivity contribution in [2.24, 2.45) is 0 Å². The van der Waals surface area contributed by atoms with Crippen LogP contribution >= 0.6 is 23.2 Å². The van der Waals surface area contributed by atoms with Crippen LogP contribution in [0.4, 0.5) is 18.0 Å². The summed E-state index contributed by atoms with van der Waals surface area (Å²) in [5.41, 5.74) is -0.192. The SMILES string of the molecule is CN1CCC2CC1OC(=O)/C=C/C(=O)ON([C@H](c1ccc(-c3cnccn3)c(Cl)c1Cl)C(F)(F)F)C(=O)N2C. The monoisotopic (exact) mass is 587 g/mol. The van der Waals surface area contributed by atoms with Crippen molar-refractivity contribution >= 4 is 41.2 Å². The minimum Gasteiger partial charge on any atom is -0.443 e. The van der Waals surface area contributed by atoms with E-state index in [0.29, 0.717) is 19.0 Å². The normalized spacial score (nSPS) is 22.9. The molecule has 2 aromatic rings. The maximum atomic E-state index is 14.7. The molecule has 1 saturated heterocycles. The van der Waals surface area contributed by atoms with Crippen LogP contribution in [0.5, 0.6) is 0 Å². The number of ether oxygens (including phenoxy) is 1. The third-order valence-corrected chi connectivity index (χ3v) is 7.30. The number of nitrogens with zero attached hydrogens (tertiary/aromatic N) is 5. The Kier molecular flexibility index (Phi) is 8.33. The van der Waals surface area contributed by atoms with Crippen LogP contribution in [0.3, 0.4) is 0 Å². The number of alkyl halides is 3. The molecular formula is C24H22Cl2F3N5O5. The Morgan fingerprint density at radius 3 is 2.44 bits per heavy atom. The van der Waals surface area contributed by atoms with Gasteiger partial charge in [0.15, 0.2) is 12.3 Å². The molecule has 10 nitrogen and oxygen atoms in total. The fraction of sp³-hybridized carbons (Fsp3) is 0.375. The van der Waals surface area contributed by atoms with Crippen molar-refractivity contribution in [1.29, 1.82) is 0 Å². The minimum atomic E-state index is -5.17. The number of aromatic nitrogens is 2. The van der Waals surface area contributed by atoms with Crippen molar-refractivity contribution in [3.63, 3.8) is 0 Å². The van der Waals surface area contributed by atoms with E-state index >= 15 is 0 Å². The number of likely N-dealkylation sites (tertiary alicyclic amines) is 1. The van der Waals surface area contributed by atoms with E-state index in [1.165, 1.54) is 31.7 Å². The summed E-state index contributed by atoms with van der Waals surface area (Å²) < 4.78 is 49.3. The average molecular weight is 588 g/mol. The smallest absolute Gasteiger partial charge is 0.416 e. The first-order chi connectivity index (χ1) is 18.4. The van der Waals surface area contributed by atoms with Gasteiger partial charge in [-0.05, 0) is 13.5 Å². The number of halogens is 5. The first-order valence-electron chi connectivity index (χ1n) is 11.6. The number of benzene rings is 1. The zero-order chi connectivity index (χ0) is 28.5. The number of urea groups is 1. The zero-order valence-electron chi connectivity index (χ0n) is 20.6. The molecule has 2 aliphatic heterocycles. The third kappa shape index (κ3) is 6.10. The first kappa shape index (κ1) is 28.6. The summed E-state index contributed by atoms with van der Waals surface area (Å²) in [4.78, 5) is 53.9. The molecule has 39 heavy (non-hydrogen) atoms. The number of amides is 2. The van der Waals surface area contributed by atoms with Crippen LogP contribution in [0.15, 0.2) is 42.9 Å². The van der Waals surface area contributed by atoms with E-state index in [9.17, 15) is 27.6 Å². The van der Waals surface area contributed by atoms with Gasteiger partial charge in [0.25, 0.3) is 0 Å². The predicted molar refractivity (Wildman–Crippen MR) is 132 cm³/mol. The molecule has 208 valence electrons. The number of esters is 1. The highest BCUT2D eigenvalue weighted by Gasteiger charge is 2.51. The van der Waals surface area contributed by atoms with Crippen LogP contribution in [0, 0.1) is 0 Å². The van der Waals surface area contributed by atoms with Gasteiger partial charge in [-0.1, -0.05) is 35.3 Å². The molecule has 3 atom stereocenters. The van der Waals surface area contributed by atoms with Crippen molar-refractivity contribution in [3.8, 4) is 11.3 Å². The van der Waals surface area contributed by atoms with Gasteiger partial charge < -0.3 is 14.5 Å². The number of rotatable bonds is 3. The molecule has 0 spiro atoms. The average Bonchev–Trinajstić information content (AvgIpc) is 2.89. The minimum absolute atomic E-state index is 0.0908. The van der Waals surface area contributed by atoms with Crippen molar-refractivity contribution in [2.45, 2.75) is 37.3 Å². The summed E-state index contributed by atoms with van der Waals surface area (Å²) in [6.45, 7) is 0.387. The highest BCUT2D eigenvalue weighted by atomic mass is 35.5. The molecule has 1 aromatic heterocycles. The molecular weight excluding hydrogens is 566 g/mol. The third-order valence-electron chi connectivity index (χ3n) is 6.40. The molecule has 1 aromatic carbocycles. The number of piperidine rings is 1. The Balaban J connectivity index is 1.80. The van der Waals surface area contributed by atoms with Gasteiger partial charge in [-0.15, -0.1) is 5.06 Å². The second kappa shape index (κ2) is 11.4. The number of hydrogen-bond acceptors (Lipinski definition) is 8. The molecule has 2 amide bonds. The number of fused-ring (bicyclic) bond motifs is 2. The number of carbonyl (C=O) groups excluding carboxylic acids is 3. The van der Waals surface area contributed by atoms with E-state index in [1.54, 1.807) is 11.9 Å². The van der Waals surface area contributed by atoms with Crippen molar-refractivity contribution in [2.75, 3.05) is 20.6 Å². The second-order valence-electron chi connectivity index (χ2n) is 8.88. The summed E-state index contributed by atoms with van der Waals surface area (Å²) in [6.07, 6.45) is -0.0424. The molecule has 3 heterocycles. The Morgan fingerprint density at radius 1 is 1.05 bits per heavy atom. The van der Waals surface area contributed by atoms with Crippen LogP contribution in [-0.4, -0.2) is 81.9 Å². The highest BCUT2D eigenvalue weighted by molar-refractivity contribution is 6.44. The lowest BCUT2D eigenvalue weighted by Gasteiger charge is -2.42. The van der Waals surface area contributed by atoms with Gasteiger partial charge in [0.2, 0.25) is 0 Å². The van der Waals surface area contributed by atoms with E-state index in [-0.39, 0.29) is 27.8 Å². The van der Waals surface area contributed by atoms with E-state index in [2.05, 4.69) is 9.97 Å². The number of carbonyl (C=O) groups is 3. The molecule has 4 rings (SSSR count). The van der Waals surface area contributed by atoms with Crippen molar-refractivity contribution < 1.29 is 37.1 Å². The fourth-order valence-electron chi connectivity index (χ4n) is 4.31. The van der Waals surface area contributed by atoms with Gasteiger partial charge in [-0.2, -0.15) is 13.2 Å². The molecule has 0 saturated carbocycles. The molecule has 2 bridgehead atoms. The van der Waals surface area contributed by atoms with Gasteiger partial charge in [0, 0.05) is 61.7 Å². The van der Waals surface area contributed by atoms with E-state index in [0.717, 1.165) is 17.0 Å². The summed E-state index contributed by atoms with van der Waals surface area (Å²) >= 11 is 12.7. The Hall–Kier alpha value is -3.42. The molecule has 15 heteroatoms. The van der Waals surface area contributed by atoms with Crippen LogP contribution in [0.1, 0.15) is 24.4 Å². The topological polar surface area (TPSA) is 105 Å². The van der Waals surface area contributed by atoms with Gasteiger partial charge in [0.05, 0.1) is 21.9 Å². The van der Waals surface area contributed by atoms with Gasteiger partial charge in [0.1, 0.15) is 0 Å². The Morgan fingerprint density at radius 2 is 1.77 bits per heavy atom. The molecule has 2 aliphatic rings. The van der Waals surface area contributed by atoms with Crippen molar-refractivity contribution in [1.82, 2.24) is 24.8 Å². The number of hydroxylamine groups is 2. The van der Waals surface area contributed by atoms with Crippen LogP contribution < -0.4 is 0 Å². The number of hydrogen-bond donors (Lipinski definition) is 0. The summed E-state index contributed by atoms with van der Waals surface area (Å²) in [7, 11) is 2.97. The van der Waals surface area contributed by atoms with Crippen LogP contribution in [0.2, 0.25) is 10.0 Å². The summed E-state index contributed by atoms with van der Waals surface area (Å²) in [5, 5.41) is -0.892. The summed E-state index contributed by atoms with van der Waals surface area (Å²) in [5.74, 6) is -2.31. The zero-order valence-corrected chi connectivity index (χ0v) is 22.1. The standard InChI is InChI=1S/C24H22Cl2F3N5O5/c1-32-10-7-13-11-17(32)38-18(35)5-6-19(36)39-34(23(37)33(13)2)22(24(27,28)29)15-4-3-14(20(25)21(15)26)16-12-30-8-9-31-16/h3-6,8-9,12-13,17,22H,7,10-11H2,1-2H3/b6-5+/t13?,17?,22-/m1/s1. The largest absolute Gasteiger partial charge is 0.443 e. The van der Waals surface area contributed by atoms with Crippen molar-refractivity contribution in [3.05, 3.63) is 58.5 Å². The molecule has 0 radical (unpaired) electrons. The van der Waals surface area contributed by atoms with E-state index in [1.807, 2.05) is 0 Å². The quantitative estimate of drug-likeness (QED) is 0.487. The first-order valence-corrected chi connectivity index (χ1v) is 12.3. The second-order valence-corrected chi connectivity index (χ2v) is 9.63.